The van der Waals surface area contributed by atoms with Crippen molar-refractivity contribution in [1.29, 1.82) is 0 Å². The van der Waals surface area contributed by atoms with Crippen LogP contribution in [-0.4, -0.2) is 50.0 Å². The highest BCUT2D eigenvalue weighted by Gasteiger charge is 2.28. The normalized spacial score (nSPS) is 15.5. The molecule has 1 aliphatic heterocycles. The Morgan fingerprint density at radius 2 is 2.00 bits per heavy atom. The van der Waals surface area contributed by atoms with Gasteiger partial charge in [-0.1, -0.05) is 6.07 Å². The standard InChI is InChI=1S/C21H23F4N3O3/c1-14(18-4-3-16(12-26-18)31-13-21(23,24)25)27-20(29)11-15-2-5-19(17(22)10-15)28-6-8-30-9-7-28/h2-5,10,12,14H,6-9,11,13H2,1H3,(H,27,29)/t14-/m1/s1. The Balaban J connectivity index is 1.53. The Kier molecular flexibility index (Phi) is 7.32. The van der Waals surface area contributed by atoms with Crippen LogP contribution in [0.3, 0.4) is 0 Å². The smallest absolute Gasteiger partial charge is 0.422 e. The lowest BCUT2D eigenvalue weighted by molar-refractivity contribution is -0.153. The van der Waals surface area contributed by atoms with Crippen molar-refractivity contribution in [2.45, 2.75) is 25.6 Å². The predicted molar refractivity (Wildman–Crippen MR) is 105 cm³/mol. The van der Waals surface area contributed by atoms with Gasteiger partial charge >= 0.3 is 6.18 Å². The third-order valence-corrected chi connectivity index (χ3v) is 4.71. The fourth-order valence-electron chi connectivity index (χ4n) is 3.17. The molecule has 6 nitrogen and oxygen atoms in total. The van der Waals surface area contributed by atoms with E-state index in [1.165, 1.54) is 24.4 Å². The quantitative estimate of drug-likeness (QED) is 0.668. The number of ether oxygens (including phenoxy) is 2. The van der Waals surface area contributed by atoms with Gasteiger partial charge in [0.05, 0.1) is 43.3 Å². The number of rotatable bonds is 7. The van der Waals surface area contributed by atoms with E-state index < -0.39 is 24.6 Å². The van der Waals surface area contributed by atoms with Gasteiger partial charge in [-0.2, -0.15) is 13.2 Å². The summed E-state index contributed by atoms with van der Waals surface area (Å²) in [5.74, 6) is -0.739. The van der Waals surface area contributed by atoms with Crippen molar-refractivity contribution < 1.29 is 31.8 Å². The number of nitrogens with zero attached hydrogens (tertiary/aromatic N) is 2. The van der Waals surface area contributed by atoms with E-state index in [-0.39, 0.29) is 18.1 Å². The topological polar surface area (TPSA) is 63.7 Å². The van der Waals surface area contributed by atoms with Gasteiger partial charge in [0.15, 0.2) is 6.61 Å². The average molecular weight is 441 g/mol. The van der Waals surface area contributed by atoms with Crippen LogP contribution in [0.5, 0.6) is 5.75 Å². The van der Waals surface area contributed by atoms with Crippen molar-refractivity contribution >= 4 is 11.6 Å². The van der Waals surface area contributed by atoms with Crippen molar-refractivity contribution in [3.8, 4) is 5.75 Å². The van der Waals surface area contributed by atoms with Gasteiger partial charge in [-0.15, -0.1) is 0 Å². The van der Waals surface area contributed by atoms with Crippen LogP contribution in [0.2, 0.25) is 0 Å². The minimum absolute atomic E-state index is 0.0164. The molecule has 1 aliphatic rings. The van der Waals surface area contributed by atoms with Gasteiger partial charge in [-0.05, 0) is 36.8 Å². The zero-order valence-electron chi connectivity index (χ0n) is 16.9. The van der Waals surface area contributed by atoms with Crippen molar-refractivity contribution in [2.24, 2.45) is 0 Å². The lowest BCUT2D eigenvalue weighted by Crippen LogP contribution is -2.36. The molecule has 168 valence electrons. The molecule has 1 fully saturated rings. The van der Waals surface area contributed by atoms with Crippen LogP contribution < -0.4 is 15.0 Å². The predicted octanol–water partition coefficient (Wildman–Crippen LogP) is 3.42. The number of pyridine rings is 1. The van der Waals surface area contributed by atoms with E-state index in [0.717, 1.165) is 0 Å². The van der Waals surface area contributed by atoms with E-state index in [0.29, 0.717) is 43.2 Å². The van der Waals surface area contributed by atoms with E-state index in [9.17, 15) is 22.4 Å². The fraction of sp³-hybridized carbons (Fsp3) is 0.429. The molecule has 1 aromatic carbocycles. The summed E-state index contributed by atoms with van der Waals surface area (Å²) in [6.45, 7) is 2.61. The summed E-state index contributed by atoms with van der Waals surface area (Å²) in [7, 11) is 0. The first-order valence-corrected chi connectivity index (χ1v) is 9.77. The van der Waals surface area contributed by atoms with Crippen molar-refractivity contribution in [1.82, 2.24) is 10.3 Å². The molecule has 0 aliphatic carbocycles. The zero-order valence-corrected chi connectivity index (χ0v) is 16.9. The summed E-state index contributed by atoms with van der Waals surface area (Å²) in [4.78, 5) is 18.3. The Labute approximate surface area is 177 Å². The van der Waals surface area contributed by atoms with Gasteiger partial charge in [0.25, 0.3) is 0 Å². The molecule has 0 unspecified atom stereocenters. The van der Waals surface area contributed by atoms with Crippen LogP contribution in [0.25, 0.3) is 0 Å². The van der Waals surface area contributed by atoms with Crippen molar-refractivity contribution in [3.63, 3.8) is 0 Å². The molecule has 10 heteroatoms. The monoisotopic (exact) mass is 441 g/mol. The molecule has 1 atom stereocenters. The average Bonchev–Trinajstić information content (AvgIpc) is 2.73. The van der Waals surface area contributed by atoms with Crippen LogP contribution >= 0.6 is 0 Å². The van der Waals surface area contributed by atoms with E-state index in [1.807, 2.05) is 4.90 Å². The number of nitrogens with one attached hydrogen (secondary N) is 1. The molecule has 2 heterocycles. The number of aromatic nitrogens is 1. The highest BCUT2D eigenvalue weighted by Crippen LogP contribution is 2.22. The molecule has 0 bridgehead atoms. The van der Waals surface area contributed by atoms with Crippen molar-refractivity contribution in [2.75, 3.05) is 37.8 Å². The van der Waals surface area contributed by atoms with Crippen LogP contribution in [-0.2, 0) is 16.0 Å². The van der Waals surface area contributed by atoms with Gasteiger partial charge in [-0.3, -0.25) is 9.78 Å². The van der Waals surface area contributed by atoms with Gasteiger partial charge < -0.3 is 19.7 Å². The minimum atomic E-state index is -4.43. The van der Waals surface area contributed by atoms with Crippen LogP contribution in [0.4, 0.5) is 23.2 Å². The number of hydrogen-bond acceptors (Lipinski definition) is 5. The molecule has 1 amide bonds. The maximum absolute atomic E-state index is 14.5. The number of hydrogen-bond donors (Lipinski definition) is 1. The third kappa shape index (κ3) is 6.81. The number of carbonyl (C=O) groups excluding carboxylic acids is 1. The molecule has 31 heavy (non-hydrogen) atoms. The number of morpholine rings is 1. The Morgan fingerprint density at radius 1 is 1.26 bits per heavy atom. The van der Waals surface area contributed by atoms with Crippen LogP contribution in [0.1, 0.15) is 24.2 Å². The number of carbonyl (C=O) groups is 1. The molecule has 1 saturated heterocycles. The van der Waals surface area contributed by atoms with E-state index >= 15 is 0 Å². The second-order valence-corrected chi connectivity index (χ2v) is 7.17. The highest BCUT2D eigenvalue weighted by molar-refractivity contribution is 5.79. The first-order chi connectivity index (χ1) is 14.7. The van der Waals surface area contributed by atoms with Gasteiger partial charge in [0.1, 0.15) is 11.6 Å². The lowest BCUT2D eigenvalue weighted by atomic mass is 10.1. The summed E-state index contributed by atoms with van der Waals surface area (Å²) in [6.07, 6.45) is -3.28. The molecule has 2 aromatic rings. The minimum Gasteiger partial charge on any atom is -0.483 e. The van der Waals surface area contributed by atoms with Crippen molar-refractivity contribution in [3.05, 3.63) is 53.6 Å². The maximum Gasteiger partial charge on any atom is 0.422 e. The molecule has 1 aromatic heterocycles. The Bertz CT molecular complexity index is 884. The molecule has 3 rings (SSSR count). The number of amides is 1. The largest absolute Gasteiger partial charge is 0.483 e. The summed E-state index contributed by atoms with van der Waals surface area (Å²) in [5, 5.41) is 2.75. The number of alkyl halides is 3. The molecular weight excluding hydrogens is 418 g/mol. The Morgan fingerprint density at radius 3 is 2.61 bits per heavy atom. The maximum atomic E-state index is 14.5. The molecular formula is C21H23F4N3O3. The third-order valence-electron chi connectivity index (χ3n) is 4.71. The summed E-state index contributed by atoms with van der Waals surface area (Å²) < 4.78 is 60.9. The van der Waals surface area contributed by atoms with E-state index in [4.69, 9.17) is 4.74 Å². The van der Waals surface area contributed by atoms with E-state index in [1.54, 1.807) is 19.1 Å². The Hall–Kier alpha value is -2.88. The summed E-state index contributed by atoms with van der Waals surface area (Å²) in [6, 6.07) is 7.07. The summed E-state index contributed by atoms with van der Waals surface area (Å²) in [5.41, 5.74) is 1.47. The summed E-state index contributed by atoms with van der Waals surface area (Å²) >= 11 is 0. The van der Waals surface area contributed by atoms with Gasteiger partial charge in [0.2, 0.25) is 5.91 Å². The van der Waals surface area contributed by atoms with Gasteiger partial charge in [-0.25, -0.2) is 4.39 Å². The molecule has 1 N–H and O–H groups in total. The molecule has 0 spiro atoms. The van der Waals surface area contributed by atoms with Crippen LogP contribution in [0, 0.1) is 5.82 Å². The zero-order chi connectivity index (χ0) is 22.4. The second kappa shape index (κ2) is 9.95. The molecule has 0 saturated carbocycles. The number of halogens is 4. The lowest BCUT2D eigenvalue weighted by Gasteiger charge is -2.29. The number of benzene rings is 1. The molecule has 0 radical (unpaired) electrons. The first kappa shape index (κ1) is 22.8. The van der Waals surface area contributed by atoms with Gasteiger partial charge in [0, 0.05) is 13.1 Å². The number of anilines is 1. The SMILES string of the molecule is C[C@@H](NC(=O)Cc1ccc(N2CCOCC2)c(F)c1)c1ccc(OCC(F)(F)F)cn1. The van der Waals surface area contributed by atoms with E-state index in [2.05, 4.69) is 15.0 Å². The second-order valence-electron chi connectivity index (χ2n) is 7.17. The highest BCUT2D eigenvalue weighted by atomic mass is 19.4. The van der Waals surface area contributed by atoms with Crippen LogP contribution in [0.15, 0.2) is 36.5 Å². The fourth-order valence-corrected chi connectivity index (χ4v) is 3.17. The first-order valence-electron chi connectivity index (χ1n) is 9.77.